The van der Waals surface area contributed by atoms with Gasteiger partial charge in [0.1, 0.15) is 0 Å². The van der Waals surface area contributed by atoms with Gasteiger partial charge in [-0.25, -0.2) is 0 Å². The summed E-state index contributed by atoms with van der Waals surface area (Å²) in [7, 11) is 2.27. The molecule has 4 nitrogen and oxygen atoms in total. The fourth-order valence-electron chi connectivity index (χ4n) is 6.03. The number of H-pyrrole nitrogens is 1. The van der Waals surface area contributed by atoms with Crippen LogP contribution in [0, 0.1) is 11.8 Å². The van der Waals surface area contributed by atoms with Gasteiger partial charge in [0.2, 0.25) is 0 Å². The summed E-state index contributed by atoms with van der Waals surface area (Å²) in [6.45, 7) is 14.0. The van der Waals surface area contributed by atoms with Crippen molar-refractivity contribution < 1.29 is 0 Å². The number of aromatic amines is 1. The molecule has 0 saturated heterocycles. The molecule has 2 aliphatic rings. The van der Waals surface area contributed by atoms with E-state index < -0.39 is 0 Å². The zero-order valence-electron chi connectivity index (χ0n) is 21.4. The Hall–Kier alpha value is -3.27. The second kappa shape index (κ2) is 9.41. The Kier molecular flexibility index (Phi) is 6.31. The Balaban J connectivity index is 1.49. The van der Waals surface area contributed by atoms with Crippen LogP contribution in [-0.4, -0.2) is 27.5 Å². The molecule has 4 heteroatoms. The van der Waals surface area contributed by atoms with Crippen LogP contribution >= 0.6 is 0 Å². The fourth-order valence-corrected chi connectivity index (χ4v) is 6.03. The van der Waals surface area contributed by atoms with Gasteiger partial charge in [-0.2, -0.15) is 0 Å². The van der Waals surface area contributed by atoms with Gasteiger partial charge < -0.3 is 15.2 Å². The molecule has 35 heavy (non-hydrogen) atoms. The molecule has 1 saturated carbocycles. The first kappa shape index (κ1) is 23.5. The Bertz CT molecular complexity index is 1210. The van der Waals surface area contributed by atoms with Crippen molar-refractivity contribution in [1.82, 2.24) is 14.9 Å². The summed E-state index contributed by atoms with van der Waals surface area (Å²) in [6.07, 6.45) is 10.7. The van der Waals surface area contributed by atoms with Gasteiger partial charge >= 0.3 is 0 Å². The highest BCUT2D eigenvalue weighted by molar-refractivity contribution is 5.91. The maximum atomic E-state index is 4.65. The Morgan fingerprint density at radius 3 is 2.51 bits per heavy atom. The first-order chi connectivity index (χ1) is 16.9. The van der Waals surface area contributed by atoms with Crippen molar-refractivity contribution >= 4 is 16.9 Å². The molecule has 0 radical (unpaired) electrons. The molecule has 182 valence electrons. The molecule has 3 aromatic rings. The van der Waals surface area contributed by atoms with E-state index >= 15 is 0 Å². The van der Waals surface area contributed by atoms with E-state index in [-0.39, 0.29) is 5.54 Å². The lowest BCUT2D eigenvalue weighted by molar-refractivity contribution is 0.124. The number of nitrogens with one attached hydrogen (secondary N) is 2. The van der Waals surface area contributed by atoms with Gasteiger partial charge in [0.25, 0.3) is 0 Å². The smallest absolute Gasteiger partial charge is 0.0723 e. The molecule has 2 aliphatic carbocycles. The number of benzene rings is 1. The normalized spacial score (nSPS) is 19.1. The lowest BCUT2D eigenvalue weighted by atomic mass is 9.80. The highest BCUT2D eigenvalue weighted by atomic mass is 15.2. The first-order valence-electron chi connectivity index (χ1n) is 13.0. The molecule has 2 unspecified atom stereocenters. The van der Waals surface area contributed by atoms with Gasteiger partial charge in [-0.05, 0) is 74.8 Å². The third kappa shape index (κ3) is 4.42. The molecule has 0 aliphatic heterocycles. The first-order valence-corrected chi connectivity index (χ1v) is 13.0. The van der Waals surface area contributed by atoms with Gasteiger partial charge in [0, 0.05) is 59.1 Å². The molecule has 2 N–H and O–H groups in total. The van der Waals surface area contributed by atoms with E-state index in [1.165, 1.54) is 48.2 Å². The number of rotatable bonds is 9. The minimum absolute atomic E-state index is 0.200. The van der Waals surface area contributed by atoms with Crippen LogP contribution in [0.25, 0.3) is 16.8 Å². The number of nitrogens with zero attached hydrogens (tertiary/aromatic N) is 2. The average molecular weight is 467 g/mol. The average Bonchev–Trinajstić information content (AvgIpc) is 3.67. The van der Waals surface area contributed by atoms with Crippen molar-refractivity contribution in [3.8, 4) is 11.3 Å². The molecule has 0 bridgehead atoms. The summed E-state index contributed by atoms with van der Waals surface area (Å²) in [5.41, 5.74) is 9.48. The predicted molar refractivity (Wildman–Crippen MR) is 148 cm³/mol. The molecule has 5 rings (SSSR count). The standard InChI is InChI=1S/C31H38N4/c1-6-16-31(4,25-12-13-25)35(5)22(3)24-19-21(2)28-27(20-24)34-29(23-14-17-32-18-15-23)30(28)33-26-10-8-7-9-11-26/h7-11,14-15,17-18,24-25,33-34H,2-3,6,12-13,16,19-20H2,1,4-5H3. The number of para-hydroxylation sites is 1. The van der Waals surface area contributed by atoms with E-state index in [2.05, 4.69) is 90.6 Å². The molecule has 0 spiro atoms. The number of hydrogen-bond donors (Lipinski definition) is 2. The van der Waals surface area contributed by atoms with E-state index in [4.69, 9.17) is 0 Å². The van der Waals surface area contributed by atoms with E-state index in [1.807, 2.05) is 18.5 Å². The molecule has 1 fully saturated rings. The summed E-state index contributed by atoms with van der Waals surface area (Å²) in [4.78, 5) is 10.5. The minimum atomic E-state index is 0.200. The van der Waals surface area contributed by atoms with Gasteiger partial charge in [0.05, 0.1) is 11.4 Å². The van der Waals surface area contributed by atoms with E-state index in [0.717, 1.165) is 41.4 Å². The monoisotopic (exact) mass is 466 g/mol. The largest absolute Gasteiger partial charge is 0.372 e. The third-order valence-electron chi connectivity index (χ3n) is 8.27. The topological polar surface area (TPSA) is 44.0 Å². The van der Waals surface area contributed by atoms with Crippen LogP contribution < -0.4 is 5.32 Å². The minimum Gasteiger partial charge on any atom is -0.372 e. The maximum absolute atomic E-state index is 4.65. The summed E-state index contributed by atoms with van der Waals surface area (Å²) in [5.74, 6) is 1.14. The van der Waals surface area contributed by atoms with Gasteiger partial charge in [-0.3, -0.25) is 4.98 Å². The lowest BCUT2D eigenvalue weighted by Crippen LogP contribution is -2.46. The lowest BCUT2D eigenvalue weighted by Gasteiger charge is -2.45. The van der Waals surface area contributed by atoms with Crippen molar-refractivity contribution in [2.75, 3.05) is 12.4 Å². The zero-order chi connectivity index (χ0) is 24.6. The van der Waals surface area contributed by atoms with E-state index in [1.54, 1.807) is 0 Å². The molecule has 2 heterocycles. The molecule has 2 atom stereocenters. The summed E-state index contributed by atoms with van der Waals surface area (Å²) < 4.78 is 0. The van der Waals surface area contributed by atoms with E-state index in [0.29, 0.717) is 5.92 Å². The van der Waals surface area contributed by atoms with Crippen LogP contribution in [0.15, 0.2) is 73.7 Å². The van der Waals surface area contributed by atoms with Crippen LogP contribution in [0.2, 0.25) is 0 Å². The molecule has 2 aromatic heterocycles. The van der Waals surface area contributed by atoms with Crippen LogP contribution in [0.1, 0.15) is 57.2 Å². The SMILES string of the molecule is C=C1CC(C(=C)N(C)C(C)(CCC)C2CC2)Cc2[nH]c(-c3ccncc3)c(Nc3ccccc3)c21. The Labute approximate surface area is 210 Å². The Morgan fingerprint density at radius 1 is 1.14 bits per heavy atom. The Morgan fingerprint density at radius 2 is 1.86 bits per heavy atom. The van der Waals surface area contributed by atoms with Crippen molar-refractivity contribution in [3.05, 3.63) is 85.0 Å². The second-order valence-corrected chi connectivity index (χ2v) is 10.6. The molecule has 0 amide bonds. The van der Waals surface area contributed by atoms with Gasteiger partial charge in [0.15, 0.2) is 0 Å². The van der Waals surface area contributed by atoms with Gasteiger partial charge in [-0.1, -0.05) is 44.7 Å². The molecule has 1 aromatic carbocycles. The van der Waals surface area contributed by atoms with Crippen LogP contribution in [0.5, 0.6) is 0 Å². The van der Waals surface area contributed by atoms with Crippen molar-refractivity contribution in [2.24, 2.45) is 11.8 Å². The second-order valence-electron chi connectivity index (χ2n) is 10.6. The molecular formula is C31H38N4. The predicted octanol–water partition coefficient (Wildman–Crippen LogP) is 7.81. The van der Waals surface area contributed by atoms with Crippen LogP contribution in [0.4, 0.5) is 11.4 Å². The maximum Gasteiger partial charge on any atom is 0.0723 e. The summed E-state index contributed by atoms with van der Waals surface area (Å²) in [5, 5.41) is 3.70. The van der Waals surface area contributed by atoms with Crippen molar-refractivity contribution in [1.29, 1.82) is 0 Å². The van der Waals surface area contributed by atoms with E-state index in [9.17, 15) is 0 Å². The summed E-state index contributed by atoms with van der Waals surface area (Å²) in [6, 6.07) is 14.5. The van der Waals surface area contributed by atoms with Crippen LogP contribution in [-0.2, 0) is 6.42 Å². The third-order valence-corrected chi connectivity index (χ3v) is 8.27. The quantitative estimate of drug-likeness (QED) is 0.338. The highest BCUT2D eigenvalue weighted by Gasteiger charge is 2.45. The van der Waals surface area contributed by atoms with Crippen molar-refractivity contribution in [2.45, 2.75) is 57.9 Å². The zero-order valence-corrected chi connectivity index (χ0v) is 21.4. The number of aromatic nitrogens is 2. The number of fused-ring (bicyclic) bond motifs is 1. The number of allylic oxidation sites excluding steroid dienone is 2. The summed E-state index contributed by atoms with van der Waals surface area (Å²) >= 11 is 0. The fraction of sp³-hybridized carbons (Fsp3) is 0.387. The highest BCUT2D eigenvalue weighted by Crippen LogP contribution is 2.49. The number of hydrogen-bond acceptors (Lipinski definition) is 3. The van der Waals surface area contributed by atoms with Crippen molar-refractivity contribution in [3.63, 3.8) is 0 Å². The van der Waals surface area contributed by atoms with Crippen LogP contribution in [0.3, 0.4) is 0 Å². The number of pyridine rings is 1. The molecular weight excluding hydrogens is 428 g/mol. The van der Waals surface area contributed by atoms with Gasteiger partial charge in [-0.15, -0.1) is 0 Å². The number of anilines is 2.